The van der Waals surface area contributed by atoms with Crippen molar-refractivity contribution in [2.24, 2.45) is 13.0 Å². The molecule has 142 valence electrons. The van der Waals surface area contributed by atoms with E-state index in [1.54, 1.807) is 7.11 Å². The molecule has 1 N–H and O–H groups in total. The van der Waals surface area contributed by atoms with Crippen LogP contribution in [0.3, 0.4) is 0 Å². The molecular weight excluding hydrogens is 338 g/mol. The van der Waals surface area contributed by atoms with Gasteiger partial charge in [-0.05, 0) is 42.2 Å². The predicted octanol–water partition coefficient (Wildman–Crippen LogP) is 4.03. The van der Waals surface area contributed by atoms with Crippen molar-refractivity contribution in [2.45, 2.75) is 32.7 Å². The van der Waals surface area contributed by atoms with Gasteiger partial charge in [0, 0.05) is 13.5 Å². The summed E-state index contributed by atoms with van der Waals surface area (Å²) in [7, 11) is 3.65. The van der Waals surface area contributed by atoms with Crippen molar-refractivity contribution >= 4 is 16.9 Å². The maximum Gasteiger partial charge on any atom is 0.220 e. The van der Waals surface area contributed by atoms with Crippen LogP contribution in [0.1, 0.15) is 37.7 Å². The Morgan fingerprint density at radius 2 is 1.85 bits per heavy atom. The number of fused-ring (bicyclic) bond motifs is 1. The molecule has 0 aliphatic carbocycles. The molecule has 2 aromatic carbocycles. The summed E-state index contributed by atoms with van der Waals surface area (Å²) in [6.45, 7) is 4.21. The van der Waals surface area contributed by atoms with E-state index in [4.69, 9.17) is 9.72 Å². The summed E-state index contributed by atoms with van der Waals surface area (Å²) in [6, 6.07) is 15.8. The van der Waals surface area contributed by atoms with Gasteiger partial charge in [0.1, 0.15) is 11.6 Å². The number of nitrogens with zero attached hydrogens (tertiary/aromatic N) is 2. The van der Waals surface area contributed by atoms with Crippen LogP contribution in [0.5, 0.6) is 5.75 Å². The van der Waals surface area contributed by atoms with Gasteiger partial charge in [0.15, 0.2) is 0 Å². The molecule has 1 aromatic heterocycles. The highest BCUT2D eigenvalue weighted by atomic mass is 16.5. The molecule has 0 fully saturated rings. The van der Waals surface area contributed by atoms with Crippen LogP contribution < -0.4 is 10.1 Å². The van der Waals surface area contributed by atoms with Crippen LogP contribution in [-0.4, -0.2) is 22.6 Å². The number of carbonyl (C=O) groups is 1. The molecule has 0 saturated carbocycles. The molecule has 5 heteroatoms. The van der Waals surface area contributed by atoms with Gasteiger partial charge >= 0.3 is 0 Å². The molecule has 1 unspecified atom stereocenters. The lowest BCUT2D eigenvalue weighted by Gasteiger charge is -2.22. The van der Waals surface area contributed by atoms with Gasteiger partial charge in [-0.3, -0.25) is 4.79 Å². The van der Waals surface area contributed by atoms with Gasteiger partial charge in [-0.15, -0.1) is 0 Å². The van der Waals surface area contributed by atoms with E-state index >= 15 is 0 Å². The fourth-order valence-electron chi connectivity index (χ4n) is 3.27. The van der Waals surface area contributed by atoms with Crippen molar-refractivity contribution in [3.05, 3.63) is 59.9 Å². The molecule has 3 rings (SSSR count). The highest BCUT2D eigenvalue weighted by Crippen LogP contribution is 2.25. The summed E-state index contributed by atoms with van der Waals surface area (Å²) in [5.41, 5.74) is 3.15. The van der Waals surface area contributed by atoms with E-state index in [0.29, 0.717) is 12.8 Å². The van der Waals surface area contributed by atoms with Crippen molar-refractivity contribution in [2.75, 3.05) is 7.11 Å². The fourth-order valence-corrected chi connectivity index (χ4v) is 3.27. The Kier molecular flexibility index (Phi) is 5.79. The van der Waals surface area contributed by atoms with E-state index in [1.807, 2.05) is 49.5 Å². The number of benzene rings is 2. The first kappa shape index (κ1) is 19.0. The number of amides is 1. The molecule has 1 atom stereocenters. The number of nitrogens with one attached hydrogen (secondary N) is 1. The number of hydrogen-bond donors (Lipinski definition) is 1. The zero-order valence-corrected chi connectivity index (χ0v) is 16.4. The van der Waals surface area contributed by atoms with Crippen molar-refractivity contribution in [3.63, 3.8) is 0 Å². The summed E-state index contributed by atoms with van der Waals surface area (Å²) in [4.78, 5) is 17.3. The van der Waals surface area contributed by atoms with E-state index in [1.165, 1.54) is 0 Å². The molecule has 0 saturated heterocycles. The lowest BCUT2D eigenvalue weighted by molar-refractivity contribution is -0.122. The Morgan fingerprint density at radius 1 is 1.15 bits per heavy atom. The third-order valence-electron chi connectivity index (χ3n) is 4.88. The monoisotopic (exact) mass is 365 g/mol. The van der Waals surface area contributed by atoms with Crippen LogP contribution in [0.25, 0.3) is 11.0 Å². The number of para-hydroxylation sites is 2. The van der Waals surface area contributed by atoms with Crippen LogP contribution in [0.4, 0.5) is 0 Å². The Bertz CT molecular complexity index is 913. The topological polar surface area (TPSA) is 56.1 Å². The number of rotatable bonds is 7. The Hall–Kier alpha value is -2.82. The number of aryl methyl sites for hydroxylation is 2. The van der Waals surface area contributed by atoms with Gasteiger partial charge in [-0.2, -0.15) is 0 Å². The van der Waals surface area contributed by atoms with E-state index in [2.05, 4.69) is 29.8 Å². The molecule has 3 aromatic rings. The Labute approximate surface area is 160 Å². The number of hydrogen-bond acceptors (Lipinski definition) is 3. The first-order valence-electron chi connectivity index (χ1n) is 9.33. The number of imidazole rings is 1. The minimum atomic E-state index is -0.120. The summed E-state index contributed by atoms with van der Waals surface area (Å²) in [5, 5.41) is 3.18. The van der Waals surface area contributed by atoms with E-state index < -0.39 is 0 Å². The zero-order valence-electron chi connectivity index (χ0n) is 16.4. The number of ether oxygens (including phenoxy) is 1. The Balaban J connectivity index is 1.69. The van der Waals surface area contributed by atoms with E-state index in [-0.39, 0.29) is 17.9 Å². The zero-order chi connectivity index (χ0) is 19.4. The lowest BCUT2D eigenvalue weighted by atomic mass is 10.0. The third-order valence-corrected chi connectivity index (χ3v) is 4.88. The number of carbonyl (C=O) groups excluding carboxylic acids is 1. The van der Waals surface area contributed by atoms with Gasteiger partial charge in [0.05, 0.1) is 24.2 Å². The van der Waals surface area contributed by atoms with Crippen molar-refractivity contribution in [1.29, 1.82) is 0 Å². The summed E-state index contributed by atoms with van der Waals surface area (Å²) >= 11 is 0. The minimum Gasteiger partial charge on any atom is -0.497 e. The van der Waals surface area contributed by atoms with Crippen LogP contribution in [0, 0.1) is 5.92 Å². The molecular formula is C22H27N3O2. The lowest BCUT2D eigenvalue weighted by Crippen LogP contribution is -2.33. The van der Waals surface area contributed by atoms with Gasteiger partial charge in [-0.25, -0.2) is 4.98 Å². The second-order valence-electron chi connectivity index (χ2n) is 7.16. The highest BCUT2D eigenvalue weighted by Gasteiger charge is 2.23. The standard InChI is InChI=1S/C22H27N3O2/c1-15(2)21(22-23-18-7-5-6-8-19(18)25(22)3)24-20(26)14-11-16-9-12-17(27-4)13-10-16/h5-10,12-13,15,21H,11,14H2,1-4H3,(H,24,26). The molecule has 0 radical (unpaired) electrons. The molecule has 0 bridgehead atoms. The molecule has 0 aliphatic rings. The van der Waals surface area contributed by atoms with Crippen LogP contribution in [-0.2, 0) is 18.3 Å². The summed E-state index contributed by atoms with van der Waals surface area (Å²) in [5.74, 6) is 2.00. The molecule has 1 heterocycles. The largest absolute Gasteiger partial charge is 0.497 e. The van der Waals surface area contributed by atoms with E-state index in [0.717, 1.165) is 28.2 Å². The molecule has 0 spiro atoms. The first-order valence-corrected chi connectivity index (χ1v) is 9.33. The quantitative estimate of drug-likeness (QED) is 0.688. The molecule has 1 amide bonds. The predicted molar refractivity (Wildman–Crippen MR) is 108 cm³/mol. The maximum atomic E-state index is 12.6. The second kappa shape index (κ2) is 8.25. The van der Waals surface area contributed by atoms with Crippen molar-refractivity contribution in [3.8, 4) is 5.75 Å². The average molecular weight is 365 g/mol. The van der Waals surface area contributed by atoms with Crippen molar-refractivity contribution < 1.29 is 9.53 Å². The molecule has 5 nitrogen and oxygen atoms in total. The van der Waals surface area contributed by atoms with Gasteiger partial charge in [0.25, 0.3) is 0 Å². The van der Waals surface area contributed by atoms with Gasteiger partial charge in [-0.1, -0.05) is 38.1 Å². The fraction of sp³-hybridized carbons (Fsp3) is 0.364. The summed E-state index contributed by atoms with van der Waals surface area (Å²) in [6.07, 6.45) is 1.14. The normalized spacial score (nSPS) is 12.3. The minimum absolute atomic E-state index is 0.0385. The number of methoxy groups -OCH3 is 1. The SMILES string of the molecule is COc1ccc(CCC(=O)NC(c2nc3ccccc3n2C)C(C)C)cc1. The van der Waals surface area contributed by atoms with Crippen LogP contribution in [0.15, 0.2) is 48.5 Å². The summed E-state index contributed by atoms with van der Waals surface area (Å²) < 4.78 is 7.24. The van der Waals surface area contributed by atoms with Crippen LogP contribution in [0.2, 0.25) is 0 Å². The molecule has 27 heavy (non-hydrogen) atoms. The van der Waals surface area contributed by atoms with Crippen LogP contribution >= 0.6 is 0 Å². The first-order chi connectivity index (χ1) is 13.0. The van der Waals surface area contributed by atoms with Crippen molar-refractivity contribution in [1.82, 2.24) is 14.9 Å². The number of aromatic nitrogens is 2. The van der Waals surface area contributed by atoms with E-state index in [9.17, 15) is 4.79 Å². The highest BCUT2D eigenvalue weighted by molar-refractivity contribution is 5.78. The van der Waals surface area contributed by atoms with Gasteiger partial charge in [0.2, 0.25) is 5.91 Å². The Morgan fingerprint density at radius 3 is 2.48 bits per heavy atom. The van der Waals surface area contributed by atoms with Gasteiger partial charge < -0.3 is 14.6 Å². The second-order valence-corrected chi connectivity index (χ2v) is 7.16. The molecule has 0 aliphatic heterocycles. The smallest absolute Gasteiger partial charge is 0.220 e. The average Bonchev–Trinajstić information content (AvgIpc) is 3.01. The maximum absolute atomic E-state index is 12.6. The third kappa shape index (κ3) is 4.30.